The Hall–Kier alpha value is -3.24. The van der Waals surface area contributed by atoms with Crippen LogP contribution in [0.5, 0.6) is 0 Å². The Morgan fingerprint density at radius 1 is 1.00 bits per heavy atom. The third-order valence-electron chi connectivity index (χ3n) is 4.89. The second kappa shape index (κ2) is 11.3. The van der Waals surface area contributed by atoms with Crippen molar-refractivity contribution >= 4 is 33.5 Å². The van der Waals surface area contributed by atoms with Gasteiger partial charge < -0.3 is 15.4 Å². The van der Waals surface area contributed by atoms with Crippen LogP contribution in [0.1, 0.15) is 43.1 Å². The molecule has 2 aromatic carbocycles. The van der Waals surface area contributed by atoms with E-state index in [1.165, 1.54) is 38.4 Å². The molecule has 2 amide bonds. The van der Waals surface area contributed by atoms with E-state index in [0.717, 1.165) is 9.87 Å². The Balaban J connectivity index is 1.77. The number of amides is 2. The predicted molar refractivity (Wildman–Crippen MR) is 129 cm³/mol. The summed E-state index contributed by atoms with van der Waals surface area (Å²) >= 11 is 0. The van der Waals surface area contributed by atoms with E-state index in [4.69, 9.17) is 4.74 Å². The van der Waals surface area contributed by atoms with E-state index in [0.29, 0.717) is 5.56 Å². The number of carbonyl (C=O) groups excluding carboxylic acids is 3. The fraction of sp³-hybridized carbons (Fsp3) is 0.375. The molecule has 34 heavy (non-hydrogen) atoms. The lowest BCUT2D eigenvalue weighted by Gasteiger charge is -2.19. The molecule has 0 saturated carbocycles. The minimum Gasteiger partial charge on any atom is -0.456 e. The van der Waals surface area contributed by atoms with Gasteiger partial charge in [-0.2, -0.15) is 0 Å². The van der Waals surface area contributed by atoms with Gasteiger partial charge in [-0.1, -0.05) is 39.0 Å². The Kier molecular flexibility index (Phi) is 8.94. The van der Waals surface area contributed by atoms with Crippen LogP contribution in [-0.4, -0.2) is 57.8 Å². The number of ether oxygens (including phenoxy) is 1. The molecule has 0 radical (unpaired) electrons. The maximum Gasteiger partial charge on any atom is 0.308 e. The van der Waals surface area contributed by atoms with E-state index in [9.17, 15) is 22.8 Å². The number of nitrogens with zero attached hydrogens (tertiary/aromatic N) is 1. The first-order chi connectivity index (χ1) is 15.8. The molecule has 10 heteroatoms. The third-order valence-corrected chi connectivity index (χ3v) is 6.70. The van der Waals surface area contributed by atoms with E-state index in [1.54, 1.807) is 12.1 Å². The van der Waals surface area contributed by atoms with Gasteiger partial charge in [0, 0.05) is 31.9 Å². The highest BCUT2D eigenvalue weighted by atomic mass is 32.2. The zero-order chi connectivity index (χ0) is 25.5. The SMILES string of the molecule is CN(C)S(=O)(=O)c1cccc(NC(=O)COC(=O)CCNC(=O)c2ccc(C(C)(C)C)cc2)c1. The summed E-state index contributed by atoms with van der Waals surface area (Å²) < 4.78 is 30.4. The van der Waals surface area contributed by atoms with E-state index in [-0.39, 0.29) is 34.9 Å². The number of sulfonamides is 1. The second-order valence-electron chi connectivity index (χ2n) is 8.86. The van der Waals surface area contributed by atoms with Crippen LogP contribution in [0.3, 0.4) is 0 Å². The van der Waals surface area contributed by atoms with Crippen LogP contribution in [0.15, 0.2) is 53.4 Å². The second-order valence-corrected chi connectivity index (χ2v) is 11.0. The van der Waals surface area contributed by atoms with Gasteiger partial charge in [0.05, 0.1) is 11.3 Å². The Labute approximate surface area is 200 Å². The smallest absolute Gasteiger partial charge is 0.308 e. The van der Waals surface area contributed by atoms with Crippen molar-refractivity contribution < 1.29 is 27.5 Å². The molecule has 0 heterocycles. The summed E-state index contributed by atoms with van der Waals surface area (Å²) in [6.45, 7) is 5.78. The van der Waals surface area contributed by atoms with Gasteiger partial charge in [0.2, 0.25) is 10.0 Å². The highest BCUT2D eigenvalue weighted by molar-refractivity contribution is 7.89. The molecule has 2 N–H and O–H groups in total. The summed E-state index contributed by atoms with van der Waals surface area (Å²) in [7, 11) is -0.829. The fourth-order valence-electron chi connectivity index (χ4n) is 2.86. The van der Waals surface area contributed by atoms with Crippen molar-refractivity contribution in [3.8, 4) is 0 Å². The number of rotatable bonds is 9. The Bertz CT molecular complexity index is 1140. The van der Waals surface area contributed by atoms with Gasteiger partial charge in [-0.25, -0.2) is 12.7 Å². The van der Waals surface area contributed by atoms with E-state index >= 15 is 0 Å². The lowest BCUT2D eigenvalue weighted by molar-refractivity contribution is -0.147. The maximum absolute atomic E-state index is 12.2. The predicted octanol–water partition coefficient (Wildman–Crippen LogP) is 2.54. The van der Waals surface area contributed by atoms with Crippen molar-refractivity contribution in [2.45, 2.75) is 37.5 Å². The molecule has 0 bridgehead atoms. The summed E-state index contributed by atoms with van der Waals surface area (Å²) in [5.41, 5.74) is 1.84. The molecule has 0 atom stereocenters. The Morgan fingerprint density at radius 2 is 1.65 bits per heavy atom. The summed E-state index contributed by atoms with van der Waals surface area (Å²) in [5.74, 6) is -1.57. The topological polar surface area (TPSA) is 122 Å². The molecule has 0 unspecified atom stereocenters. The molecule has 0 spiro atoms. The summed E-state index contributed by atoms with van der Waals surface area (Å²) in [5, 5.41) is 5.13. The van der Waals surface area contributed by atoms with Crippen LogP contribution in [0.4, 0.5) is 5.69 Å². The number of carbonyl (C=O) groups is 3. The van der Waals surface area contributed by atoms with Gasteiger partial charge in [0.1, 0.15) is 0 Å². The zero-order valence-electron chi connectivity index (χ0n) is 20.0. The third kappa shape index (κ3) is 7.67. The number of nitrogens with one attached hydrogen (secondary N) is 2. The summed E-state index contributed by atoms with van der Waals surface area (Å²) in [6, 6.07) is 13.0. The summed E-state index contributed by atoms with van der Waals surface area (Å²) in [6.07, 6.45) is -0.102. The molecule has 0 aliphatic heterocycles. The van der Waals surface area contributed by atoms with Crippen LogP contribution in [0.25, 0.3) is 0 Å². The van der Waals surface area contributed by atoms with Crippen molar-refractivity contribution in [2.24, 2.45) is 0 Å². The van der Waals surface area contributed by atoms with Crippen LogP contribution < -0.4 is 10.6 Å². The Morgan fingerprint density at radius 3 is 2.24 bits per heavy atom. The van der Waals surface area contributed by atoms with Gasteiger partial charge in [-0.3, -0.25) is 14.4 Å². The van der Waals surface area contributed by atoms with Gasteiger partial charge >= 0.3 is 5.97 Å². The van der Waals surface area contributed by atoms with Crippen LogP contribution in [0, 0.1) is 0 Å². The van der Waals surface area contributed by atoms with Crippen molar-refractivity contribution in [1.82, 2.24) is 9.62 Å². The zero-order valence-corrected chi connectivity index (χ0v) is 20.9. The van der Waals surface area contributed by atoms with Crippen molar-refractivity contribution in [3.05, 3.63) is 59.7 Å². The molecule has 0 saturated heterocycles. The van der Waals surface area contributed by atoms with E-state index in [1.807, 2.05) is 12.1 Å². The summed E-state index contributed by atoms with van der Waals surface area (Å²) in [4.78, 5) is 36.2. The lowest BCUT2D eigenvalue weighted by atomic mass is 9.87. The molecule has 0 fully saturated rings. The fourth-order valence-corrected chi connectivity index (χ4v) is 3.81. The van der Waals surface area contributed by atoms with Gasteiger partial charge in [0.25, 0.3) is 11.8 Å². The number of hydrogen-bond donors (Lipinski definition) is 2. The van der Waals surface area contributed by atoms with E-state index in [2.05, 4.69) is 31.4 Å². The molecule has 2 rings (SSSR count). The van der Waals surface area contributed by atoms with Gasteiger partial charge in [-0.15, -0.1) is 0 Å². The average molecular weight is 490 g/mol. The van der Waals surface area contributed by atoms with Crippen molar-refractivity contribution in [1.29, 1.82) is 0 Å². The number of esters is 1. The van der Waals surface area contributed by atoms with Crippen molar-refractivity contribution in [3.63, 3.8) is 0 Å². The number of benzene rings is 2. The van der Waals surface area contributed by atoms with Gasteiger partial charge in [0.15, 0.2) is 6.61 Å². The lowest BCUT2D eigenvalue weighted by Crippen LogP contribution is -2.28. The van der Waals surface area contributed by atoms with Crippen LogP contribution in [-0.2, 0) is 29.8 Å². The average Bonchev–Trinajstić information content (AvgIpc) is 2.77. The molecular formula is C24H31N3O6S. The largest absolute Gasteiger partial charge is 0.456 e. The quantitative estimate of drug-likeness (QED) is 0.522. The molecule has 0 aliphatic carbocycles. The molecule has 0 aliphatic rings. The maximum atomic E-state index is 12.2. The number of hydrogen-bond acceptors (Lipinski definition) is 6. The molecule has 9 nitrogen and oxygen atoms in total. The monoisotopic (exact) mass is 489 g/mol. The highest BCUT2D eigenvalue weighted by Gasteiger charge is 2.18. The van der Waals surface area contributed by atoms with Crippen LogP contribution >= 0.6 is 0 Å². The molecule has 184 valence electrons. The normalized spacial score (nSPS) is 11.7. The minimum atomic E-state index is -3.65. The van der Waals surface area contributed by atoms with Crippen LogP contribution in [0.2, 0.25) is 0 Å². The van der Waals surface area contributed by atoms with E-state index < -0.39 is 28.5 Å². The first-order valence-corrected chi connectivity index (χ1v) is 12.1. The molecule has 0 aromatic heterocycles. The molecule has 2 aromatic rings. The first kappa shape index (κ1) is 27.0. The van der Waals surface area contributed by atoms with Gasteiger partial charge in [-0.05, 0) is 41.3 Å². The first-order valence-electron chi connectivity index (χ1n) is 10.7. The van der Waals surface area contributed by atoms with Crippen molar-refractivity contribution in [2.75, 3.05) is 32.6 Å². The minimum absolute atomic E-state index is 0.0161. The number of anilines is 1. The molecular weight excluding hydrogens is 458 g/mol. The standard InChI is InChI=1S/C24H31N3O6S/c1-24(2,3)18-11-9-17(10-12-18)23(30)25-14-13-22(29)33-16-21(28)26-19-7-6-8-20(15-19)34(31,32)27(4)5/h6-12,15H,13-14,16H2,1-5H3,(H,25,30)(H,26,28). The highest BCUT2D eigenvalue weighted by Crippen LogP contribution is 2.22.